The van der Waals surface area contributed by atoms with Gasteiger partial charge in [0.05, 0.1) is 29.6 Å². The predicted molar refractivity (Wildman–Crippen MR) is 107 cm³/mol. The van der Waals surface area contributed by atoms with Crippen LogP contribution in [0.5, 0.6) is 0 Å². The Morgan fingerprint density at radius 3 is 2.56 bits per heavy atom. The normalized spacial score (nSPS) is 17.5. The quantitative estimate of drug-likeness (QED) is 0.649. The molecule has 1 aliphatic rings. The molecule has 0 aliphatic carbocycles. The molecule has 3 rings (SSSR count). The van der Waals surface area contributed by atoms with Gasteiger partial charge in [-0.2, -0.15) is 13.2 Å². The SMILES string of the molecule is C[C@@H](NC(=S)Nc1cccc(C(F)(F)F)c1)[C@H](c1cccs1)[NH+]1CCCC1. The molecular formula is C19H23F3N3S2+. The summed E-state index contributed by atoms with van der Waals surface area (Å²) < 4.78 is 38.6. The molecule has 2 heterocycles. The summed E-state index contributed by atoms with van der Waals surface area (Å²) in [6.45, 7) is 4.33. The highest BCUT2D eigenvalue weighted by atomic mass is 32.1. The van der Waals surface area contributed by atoms with Crippen LogP contribution >= 0.6 is 23.6 Å². The molecule has 27 heavy (non-hydrogen) atoms. The van der Waals surface area contributed by atoms with Gasteiger partial charge in [0.15, 0.2) is 5.11 Å². The zero-order valence-electron chi connectivity index (χ0n) is 15.0. The molecule has 1 fully saturated rings. The van der Waals surface area contributed by atoms with E-state index in [1.165, 1.54) is 28.7 Å². The summed E-state index contributed by atoms with van der Waals surface area (Å²) >= 11 is 7.10. The van der Waals surface area contributed by atoms with Gasteiger partial charge in [-0.25, -0.2) is 0 Å². The Morgan fingerprint density at radius 2 is 1.93 bits per heavy atom. The number of quaternary nitrogens is 1. The Balaban J connectivity index is 1.67. The highest BCUT2D eigenvalue weighted by Gasteiger charge is 2.33. The first-order valence-electron chi connectivity index (χ1n) is 8.97. The van der Waals surface area contributed by atoms with Gasteiger partial charge in [0.1, 0.15) is 6.04 Å². The van der Waals surface area contributed by atoms with Gasteiger partial charge >= 0.3 is 6.18 Å². The van der Waals surface area contributed by atoms with E-state index in [2.05, 4.69) is 35.1 Å². The maximum Gasteiger partial charge on any atom is 0.416 e. The second-order valence-electron chi connectivity index (χ2n) is 6.82. The van der Waals surface area contributed by atoms with Crippen LogP contribution in [0.1, 0.15) is 36.2 Å². The van der Waals surface area contributed by atoms with Crippen LogP contribution in [0.2, 0.25) is 0 Å². The van der Waals surface area contributed by atoms with Gasteiger partial charge in [-0.3, -0.25) is 0 Å². The first kappa shape index (κ1) is 20.1. The predicted octanol–water partition coefficient (Wildman–Crippen LogP) is 3.86. The molecule has 3 nitrogen and oxygen atoms in total. The third kappa shape index (κ3) is 5.21. The molecular weight excluding hydrogens is 391 g/mol. The zero-order chi connectivity index (χ0) is 19.4. The second kappa shape index (κ2) is 8.58. The van der Waals surface area contributed by atoms with Gasteiger partial charge in [-0.05, 0) is 48.8 Å². The first-order valence-corrected chi connectivity index (χ1v) is 10.3. The van der Waals surface area contributed by atoms with E-state index in [1.54, 1.807) is 17.4 Å². The maximum absolute atomic E-state index is 12.9. The zero-order valence-corrected chi connectivity index (χ0v) is 16.6. The van der Waals surface area contributed by atoms with E-state index in [1.807, 2.05) is 0 Å². The Bertz CT molecular complexity index is 756. The summed E-state index contributed by atoms with van der Waals surface area (Å²) in [7, 11) is 0. The van der Waals surface area contributed by atoms with Gasteiger partial charge in [-0.1, -0.05) is 12.1 Å². The third-order valence-corrected chi connectivity index (χ3v) is 6.02. The minimum absolute atomic E-state index is 0.0579. The number of benzene rings is 1. The summed E-state index contributed by atoms with van der Waals surface area (Å²) in [5, 5.41) is 8.58. The average molecular weight is 415 g/mol. The van der Waals surface area contributed by atoms with Crippen molar-refractivity contribution >= 4 is 34.4 Å². The lowest BCUT2D eigenvalue weighted by atomic mass is 10.1. The lowest BCUT2D eigenvalue weighted by Gasteiger charge is -2.30. The fraction of sp³-hybridized carbons (Fsp3) is 0.421. The smallest absolute Gasteiger partial charge is 0.354 e. The summed E-state index contributed by atoms with van der Waals surface area (Å²) in [5.41, 5.74) is -0.364. The molecule has 0 saturated carbocycles. The minimum atomic E-state index is -4.37. The second-order valence-corrected chi connectivity index (χ2v) is 8.21. The van der Waals surface area contributed by atoms with Crippen LogP contribution in [0.4, 0.5) is 18.9 Å². The molecule has 1 aromatic heterocycles. The van der Waals surface area contributed by atoms with E-state index >= 15 is 0 Å². The Hall–Kier alpha value is -1.64. The Morgan fingerprint density at radius 1 is 1.19 bits per heavy atom. The largest absolute Gasteiger partial charge is 0.416 e. The van der Waals surface area contributed by atoms with Gasteiger partial charge in [0, 0.05) is 18.5 Å². The molecule has 0 bridgehead atoms. The van der Waals surface area contributed by atoms with Crippen LogP contribution in [0.3, 0.4) is 0 Å². The molecule has 8 heteroatoms. The van der Waals surface area contributed by atoms with Crippen molar-refractivity contribution < 1.29 is 18.1 Å². The number of thiocarbonyl (C=S) groups is 1. The molecule has 2 aromatic rings. The maximum atomic E-state index is 12.9. The number of halogens is 3. The summed E-state index contributed by atoms with van der Waals surface area (Å²) in [6.07, 6.45) is -1.93. The van der Waals surface area contributed by atoms with Crippen molar-refractivity contribution in [3.8, 4) is 0 Å². The first-order chi connectivity index (χ1) is 12.8. The molecule has 1 aromatic carbocycles. The monoisotopic (exact) mass is 414 g/mol. The lowest BCUT2D eigenvalue weighted by molar-refractivity contribution is -0.920. The molecule has 1 saturated heterocycles. The minimum Gasteiger partial charge on any atom is -0.354 e. The summed E-state index contributed by atoms with van der Waals surface area (Å²) in [4.78, 5) is 2.83. The lowest BCUT2D eigenvalue weighted by Crippen LogP contribution is -3.11. The fourth-order valence-electron chi connectivity index (χ4n) is 3.64. The van der Waals surface area contributed by atoms with Crippen LogP contribution in [-0.2, 0) is 6.18 Å². The van der Waals surface area contributed by atoms with E-state index in [9.17, 15) is 13.2 Å². The highest BCUT2D eigenvalue weighted by molar-refractivity contribution is 7.80. The highest BCUT2D eigenvalue weighted by Crippen LogP contribution is 2.30. The van der Waals surface area contributed by atoms with Crippen molar-refractivity contribution in [2.75, 3.05) is 18.4 Å². The summed E-state index contributed by atoms with van der Waals surface area (Å²) in [6, 6.07) is 9.60. The Kier molecular flexibility index (Phi) is 6.39. The summed E-state index contributed by atoms with van der Waals surface area (Å²) in [5.74, 6) is 0. The molecule has 0 unspecified atom stereocenters. The van der Waals surface area contributed by atoms with Gasteiger partial charge < -0.3 is 15.5 Å². The van der Waals surface area contributed by atoms with Crippen LogP contribution in [0, 0.1) is 0 Å². The van der Waals surface area contributed by atoms with Crippen LogP contribution < -0.4 is 15.5 Å². The number of alkyl halides is 3. The number of likely N-dealkylation sites (tertiary alicyclic amines) is 1. The van der Waals surface area contributed by atoms with Crippen LogP contribution in [0.25, 0.3) is 0 Å². The van der Waals surface area contributed by atoms with E-state index < -0.39 is 11.7 Å². The number of hydrogen-bond donors (Lipinski definition) is 3. The standard InChI is InChI=1S/C19H22F3N3S2/c1-13(17(16-8-5-11-27-16)25-9-2-3-10-25)23-18(26)24-15-7-4-6-14(12-15)19(20,21)22/h4-8,11-13,17H,2-3,9-10H2,1H3,(H2,23,24,26)/p+1/t13-,17-/m1/s1. The van der Waals surface area contributed by atoms with Gasteiger partial charge in [0.25, 0.3) is 0 Å². The van der Waals surface area contributed by atoms with Crippen molar-refractivity contribution in [3.05, 3.63) is 52.2 Å². The molecule has 3 N–H and O–H groups in total. The molecule has 1 aliphatic heterocycles. The van der Waals surface area contributed by atoms with Crippen molar-refractivity contribution in [2.45, 2.75) is 38.0 Å². The van der Waals surface area contributed by atoms with Crippen molar-refractivity contribution in [3.63, 3.8) is 0 Å². The van der Waals surface area contributed by atoms with Crippen molar-refractivity contribution in [1.29, 1.82) is 0 Å². The number of thiophene rings is 1. The van der Waals surface area contributed by atoms with Crippen LogP contribution in [-0.4, -0.2) is 24.2 Å². The molecule has 2 atom stereocenters. The van der Waals surface area contributed by atoms with E-state index in [-0.39, 0.29) is 12.1 Å². The number of hydrogen-bond acceptors (Lipinski definition) is 2. The molecule has 0 amide bonds. The topological polar surface area (TPSA) is 28.5 Å². The van der Waals surface area contributed by atoms with Crippen LogP contribution in [0.15, 0.2) is 41.8 Å². The van der Waals surface area contributed by atoms with Crippen molar-refractivity contribution in [1.82, 2.24) is 5.32 Å². The Labute approximate surface area is 166 Å². The van der Waals surface area contributed by atoms with Gasteiger partial charge in [-0.15, -0.1) is 11.3 Å². The van der Waals surface area contributed by atoms with Gasteiger partial charge in [0.2, 0.25) is 0 Å². The third-order valence-electron chi connectivity index (χ3n) is 4.84. The molecule has 0 spiro atoms. The van der Waals surface area contributed by atoms with Crippen molar-refractivity contribution in [2.24, 2.45) is 0 Å². The number of anilines is 1. The average Bonchev–Trinajstić information content (AvgIpc) is 3.29. The molecule has 0 radical (unpaired) electrons. The number of rotatable bonds is 5. The fourth-order valence-corrected chi connectivity index (χ4v) is 4.93. The van der Waals surface area contributed by atoms with E-state index in [0.717, 1.165) is 25.2 Å². The van der Waals surface area contributed by atoms with E-state index in [0.29, 0.717) is 10.8 Å². The van der Waals surface area contributed by atoms with E-state index in [4.69, 9.17) is 12.2 Å². The molecule has 146 valence electrons. The number of nitrogens with one attached hydrogen (secondary N) is 3.